The van der Waals surface area contributed by atoms with Gasteiger partial charge in [-0.2, -0.15) is 0 Å². The van der Waals surface area contributed by atoms with Crippen LogP contribution in [-0.4, -0.2) is 95.6 Å². The number of hydrogen-bond donors (Lipinski definition) is 0. The Balaban J connectivity index is 1.27. The molecule has 4 aliphatic heterocycles. The molecule has 4 rings (SSSR count). The molecule has 246 valence electrons. The number of hydrogen-bond acceptors (Lipinski definition) is 4. The van der Waals surface area contributed by atoms with E-state index in [-0.39, 0.29) is 5.54 Å². The minimum Gasteiger partial charge on any atom is -0.303 e. The third-order valence-electron chi connectivity index (χ3n) is 12.5. The van der Waals surface area contributed by atoms with E-state index in [0.29, 0.717) is 16.4 Å². The molecule has 0 amide bonds. The zero-order chi connectivity index (χ0) is 30.9. The van der Waals surface area contributed by atoms with Crippen molar-refractivity contribution < 1.29 is 0 Å². The van der Waals surface area contributed by atoms with E-state index >= 15 is 0 Å². The molecule has 4 saturated heterocycles. The first-order chi connectivity index (χ1) is 19.4. The molecule has 4 heteroatoms. The molecule has 0 aromatic rings. The van der Waals surface area contributed by atoms with Gasteiger partial charge in [0, 0.05) is 30.2 Å². The molecule has 4 nitrogen and oxygen atoms in total. The SMILES string of the molecule is CC(C)(C)C1CCN(CC2CCN(C(C)(C)C)C(CC(C)(C)C3CCN(CC4CCN(C(C)(C)C)CC4)CC3)C2)CC1. The fraction of sp³-hybridized carbons (Fsp3) is 1.00. The van der Waals surface area contributed by atoms with E-state index in [9.17, 15) is 0 Å². The Bertz CT molecular complexity index is 806. The van der Waals surface area contributed by atoms with Gasteiger partial charge in [-0.3, -0.25) is 9.80 Å². The van der Waals surface area contributed by atoms with Gasteiger partial charge in [-0.1, -0.05) is 34.6 Å². The Morgan fingerprint density at radius 1 is 0.500 bits per heavy atom. The van der Waals surface area contributed by atoms with Crippen molar-refractivity contribution in [1.82, 2.24) is 19.6 Å². The van der Waals surface area contributed by atoms with Gasteiger partial charge in [-0.15, -0.1) is 0 Å². The summed E-state index contributed by atoms with van der Waals surface area (Å²) in [6, 6.07) is 0.733. The van der Waals surface area contributed by atoms with Gasteiger partial charge in [-0.25, -0.2) is 0 Å². The van der Waals surface area contributed by atoms with Crippen molar-refractivity contribution in [1.29, 1.82) is 0 Å². The van der Waals surface area contributed by atoms with Crippen molar-refractivity contribution in [2.24, 2.45) is 34.5 Å². The van der Waals surface area contributed by atoms with Crippen LogP contribution in [0.15, 0.2) is 0 Å². The summed E-state index contributed by atoms with van der Waals surface area (Å²) in [5, 5.41) is 0. The summed E-state index contributed by atoms with van der Waals surface area (Å²) in [6.07, 6.45) is 12.6. The quantitative estimate of drug-likeness (QED) is 0.298. The maximum atomic E-state index is 2.91. The highest BCUT2D eigenvalue weighted by Gasteiger charge is 2.42. The molecule has 2 atom stereocenters. The van der Waals surface area contributed by atoms with Crippen LogP contribution in [-0.2, 0) is 0 Å². The lowest BCUT2D eigenvalue weighted by Gasteiger charge is -2.51. The normalized spacial score (nSPS) is 28.9. The Morgan fingerprint density at radius 3 is 1.45 bits per heavy atom. The Hall–Kier alpha value is -0.160. The van der Waals surface area contributed by atoms with Crippen molar-refractivity contribution >= 4 is 0 Å². The largest absolute Gasteiger partial charge is 0.303 e. The molecule has 2 unspecified atom stereocenters. The molecule has 0 aromatic carbocycles. The average Bonchev–Trinajstić information content (AvgIpc) is 2.88. The van der Waals surface area contributed by atoms with Crippen LogP contribution in [0.3, 0.4) is 0 Å². The van der Waals surface area contributed by atoms with Crippen LogP contribution in [0.4, 0.5) is 0 Å². The third-order valence-corrected chi connectivity index (χ3v) is 12.5. The van der Waals surface area contributed by atoms with Crippen molar-refractivity contribution in [2.45, 2.75) is 151 Å². The van der Waals surface area contributed by atoms with Gasteiger partial charge >= 0.3 is 0 Å². The van der Waals surface area contributed by atoms with Crippen molar-refractivity contribution in [3.05, 3.63) is 0 Å². The smallest absolute Gasteiger partial charge is 0.0127 e. The van der Waals surface area contributed by atoms with E-state index < -0.39 is 0 Å². The van der Waals surface area contributed by atoms with Gasteiger partial charge in [0.25, 0.3) is 0 Å². The molecule has 4 aliphatic rings. The Labute approximate surface area is 263 Å². The van der Waals surface area contributed by atoms with E-state index in [1.807, 2.05) is 0 Å². The fourth-order valence-electron chi connectivity index (χ4n) is 9.55. The first-order valence-electron chi connectivity index (χ1n) is 18.4. The molecule has 42 heavy (non-hydrogen) atoms. The van der Waals surface area contributed by atoms with Gasteiger partial charge in [0.05, 0.1) is 0 Å². The summed E-state index contributed by atoms with van der Waals surface area (Å²) in [7, 11) is 0. The Morgan fingerprint density at radius 2 is 0.976 bits per heavy atom. The zero-order valence-electron chi connectivity index (χ0n) is 30.4. The number of nitrogens with zero attached hydrogens (tertiary/aromatic N) is 4. The Kier molecular flexibility index (Phi) is 11.3. The summed E-state index contributed by atoms with van der Waals surface area (Å²) in [5.41, 5.74) is 1.49. The molecular weight excluding hydrogens is 512 g/mol. The molecule has 0 bridgehead atoms. The minimum atomic E-state index is 0.267. The second-order valence-corrected chi connectivity index (χ2v) is 19.2. The fourth-order valence-corrected chi connectivity index (χ4v) is 9.55. The van der Waals surface area contributed by atoms with Crippen LogP contribution in [0, 0.1) is 34.5 Å². The molecule has 0 aliphatic carbocycles. The molecule has 0 N–H and O–H groups in total. The molecule has 0 aromatic heterocycles. The van der Waals surface area contributed by atoms with Crippen LogP contribution in [0.25, 0.3) is 0 Å². The van der Waals surface area contributed by atoms with E-state index in [1.165, 1.54) is 117 Å². The highest BCUT2D eigenvalue weighted by Crippen LogP contribution is 2.44. The summed E-state index contributed by atoms with van der Waals surface area (Å²) >= 11 is 0. The predicted molar refractivity (Wildman–Crippen MR) is 183 cm³/mol. The maximum absolute atomic E-state index is 2.91. The van der Waals surface area contributed by atoms with Crippen molar-refractivity contribution in [2.75, 3.05) is 58.9 Å². The minimum absolute atomic E-state index is 0.267. The van der Waals surface area contributed by atoms with Gasteiger partial charge in [-0.05, 0) is 180 Å². The van der Waals surface area contributed by atoms with Gasteiger partial charge in [0.1, 0.15) is 0 Å². The van der Waals surface area contributed by atoms with E-state index in [2.05, 4.69) is 95.8 Å². The van der Waals surface area contributed by atoms with Crippen molar-refractivity contribution in [3.8, 4) is 0 Å². The number of likely N-dealkylation sites (tertiary alicyclic amines) is 4. The molecule has 0 saturated carbocycles. The van der Waals surface area contributed by atoms with E-state index in [1.54, 1.807) is 0 Å². The summed E-state index contributed by atoms with van der Waals surface area (Å²) in [4.78, 5) is 11.3. The van der Waals surface area contributed by atoms with Gasteiger partial charge in [0.2, 0.25) is 0 Å². The molecule has 0 radical (unpaired) electrons. The van der Waals surface area contributed by atoms with Crippen LogP contribution in [0.1, 0.15) is 134 Å². The van der Waals surface area contributed by atoms with Crippen LogP contribution < -0.4 is 0 Å². The van der Waals surface area contributed by atoms with Gasteiger partial charge in [0.15, 0.2) is 0 Å². The molecular formula is C38H74N4. The van der Waals surface area contributed by atoms with Gasteiger partial charge < -0.3 is 9.80 Å². The highest BCUT2D eigenvalue weighted by atomic mass is 15.2. The van der Waals surface area contributed by atoms with Crippen LogP contribution >= 0.6 is 0 Å². The van der Waals surface area contributed by atoms with E-state index in [0.717, 1.165) is 29.7 Å². The molecule has 4 fully saturated rings. The molecule has 4 heterocycles. The highest BCUT2D eigenvalue weighted by molar-refractivity contribution is 4.95. The number of piperidine rings is 4. The van der Waals surface area contributed by atoms with Crippen LogP contribution in [0.2, 0.25) is 0 Å². The monoisotopic (exact) mass is 587 g/mol. The first-order valence-corrected chi connectivity index (χ1v) is 18.4. The topological polar surface area (TPSA) is 13.0 Å². The number of rotatable bonds is 7. The summed E-state index contributed by atoms with van der Waals surface area (Å²) in [6.45, 7) is 39.0. The molecule has 0 spiro atoms. The lowest BCUT2D eigenvalue weighted by molar-refractivity contribution is -0.0181. The standard InChI is InChI=1S/C38H74N4/c1-35(2,3)32-15-19-40(20-16-32)29-31-14-25-42(37(7,8)9)34(26-31)27-38(10,11)33-17-21-39(22-18-33)28-30-12-23-41(24-13-30)36(4,5)6/h30-34H,12-29H2,1-11H3. The second kappa shape index (κ2) is 13.7. The summed E-state index contributed by atoms with van der Waals surface area (Å²) in [5.74, 6) is 3.56. The van der Waals surface area contributed by atoms with E-state index in [4.69, 9.17) is 0 Å². The van der Waals surface area contributed by atoms with Crippen molar-refractivity contribution in [3.63, 3.8) is 0 Å². The lowest BCUT2D eigenvalue weighted by Crippen LogP contribution is -2.55. The average molecular weight is 587 g/mol. The third kappa shape index (κ3) is 9.43. The lowest BCUT2D eigenvalue weighted by atomic mass is 9.68. The van der Waals surface area contributed by atoms with Crippen LogP contribution in [0.5, 0.6) is 0 Å². The summed E-state index contributed by atoms with van der Waals surface area (Å²) < 4.78 is 0. The zero-order valence-corrected chi connectivity index (χ0v) is 30.4. The predicted octanol–water partition coefficient (Wildman–Crippen LogP) is 8.26. The first kappa shape index (κ1) is 34.7. The maximum Gasteiger partial charge on any atom is 0.0127 e. The second-order valence-electron chi connectivity index (χ2n) is 19.2.